The van der Waals surface area contributed by atoms with Crippen LogP contribution in [0.25, 0.3) is 11.3 Å². The lowest BCUT2D eigenvalue weighted by molar-refractivity contribution is 0.401. The molecule has 0 unspecified atom stereocenters. The van der Waals surface area contributed by atoms with Gasteiger partial charge in [0.25, 0.3) is 0 Å². The maximum atomic E-state index is 5.64. The van der Waals surface area contributed by atoms with Crippen molar-refractivity contribution < 1.29 is 9.47 Å². The van der Waals surface area contributed by atoms with Crippen molar-refractivity contribution in [2.75, 3.05) is 14.2 Å². The molecule has 6 heteroatoms. The zero-order chi connectivity index (χ0) is 14.0. The van der Waals surface area contributed by atoms with Gasteiger partial charge in [-0.05, 0) is 40.5 Å². The normalized spacial score (nSPS) is 10.6. The van der Waals surface area contributed by atoms with Crippen molar-refractivity contribution in [2.45, 2.75) is 13.5 Å². The maximum absolute atomic E-state index is 5.64. The number of aryl methyl sites for hydroxylation is 1. The third-order valence-electron chi connectivity index (χ3n) is 2.95. The van der Waals surface area contributed by atoms with Gasteiger partial charge in [0.05, 0.1) is 24.4 Å². The number of H-pyrrole nitrogens is 1. The highest BCUT2D eigenvalue weighted by molar-refractivity contribution is 9.10. The van der Waals surface area contributed by atoms with Crippen LogP contribution >= 0.6 is 15.9 Å². The Morgan fingerprint density at radius 2 is 1.95 bits per heavy atom. The van der Waals surface area contributed by atoms with Gasteiger partial charge in [0.2, 0.25) is 0 Å². The number of nitrogens with two attached hydrogens (primary N) is 1. The maximum Gasteiger partial charge on any atom is 0.128 e. The first-order valence-electron chi connectivity index (χ1n) is 5.78. The first kappa shape index (κ1) is 13.9. The first-order valence-corrected chi connectivity index (χ1v) is 6.57. The van der Waals surface area contributed by atoms with E-state index in [1.807, 2.05) is 19.1 Å². The van der Waals surface area contributed by atoms with E-state index in [4.69, 9.17) is 15.2 Å². The summed E-state index contributed by atoms with van der Waals surface area (Å²) in [6.07, 6.45) is 0. The number of nitrogens with one attached hydrogen (secondary N) is 1. The van der Waals surface area contributed by atoms with E-state index in [1.165, 1.54) is 0 Å². The van der Waals surface area contributed by atoms with Crippen LogP contribution in [-0.2, 0) is 6.54 Å². The van der Waals surface area contributed by atoms with E-state index in [0.29, 0.717) is 6.54 Å². The number of rotatable bonds is 4. The molecule has 0 radical (unpaired) electrons. The second kappa shape index (κ2) is 5.63. The van der Waals surface area contributed by atoms with Gasteiger partial charge < -0.3 is 15.2 Å². The number of aromatic nitrogens is 2. The predicted octanol–water partition coefficient (Wildman–Crippen LogP) is 2.62. The van der Waals surface area contributed by atoms with Gasteiger partial charge in [-0.1, -0.05) is 0 Å². The van der Waals surface area contributed by atoms with Crippen LogP contribution in [-0.4, -0.2) is 24.4 Å². The molecule has 0 fully saturated rings. The molecule has 0 amide bonds. The highest BCUT2D eigenvalue weighted by Gasteiger charge is 2.17. The molecule has 0 saturated heterocycles. The zero-order valence-electron chi connectivity index (χ0n) is 11.1. The molecule has 19 heavy (non-hydrogen) atoms. The average Bonchev–Trinajstić information content (AvgIpc) is 2.79. The second-order valence-electron chi connectivity index (χ2n) is 4.09. The monoisotopic (exact) mass is 325 g/mol. The Hall–Kier alpha value is -1.53. The Bertz CT molecular complexity index is 596. The zero-order valence-corrected chi connectivity index (χ0v) is 12.7. The molecule has 3 N–H and O–H groups in total. The van der Waals surface area contributed by atoms with Crippen molar-refractivity contribution in [1.29, 1.82) is 0 Å². The van der Waals surface area contributed by atoms with Crippen LogP contribution in [0.2, 0.25) is 0 Å². The lowest BCUT2D eigenvalue weighted by Gasteiger charge is -2.12. The number of ether oxygens (including phenoxy) is 2. The summed E-state index contributed by atoms with van der Waals surface area (Å²) < 4.78 is 11.6. The van der Waals surface area contributed by atoms with Gasteiger partial charge >= 0.3 is 0 Å². The Morgan fingerprint density at radius 1 is 1.26 bits per heavy atom. The summed E-state index contributed by atoms with van der Waals surface area (Å²) in [5.41, 5.74) is 9.10. The predicted molar refractivity (Wildman–Crippen MR) is 77.5 cm³/mol. The molecule has 0 aliphatic carbocycles. The molecule has 5 nitrogen and oxygen atoms in total. The largest absolute Gasteiger partial charge is 0.496 e. The van der Waals surface area contributed by atoms with E-state index >= 15 is 0 Å². The van der Waals surface area contributed by atoms with Crippen LogP contribution in [0.3, 0.4) is 0 Å². The number of halogens is 1. The number of hydrogen-bond acceptors (Lipinski definition) is 4. The Morgan fingerprint density at radius 3 is 2.47 bits per heavy atom. The van der Waals surface area contributed by atoms with Gasteiger partial charge in [-0.2, -0.15) is 5.10 Å². The summed E-state index contributed by atoms with van der Waals surface area (Å²) in [5.74, 6) is 1.54. The minimum absolute atomic E-state index is 0.388. The molecule has 2 aromatic rings. The Labute approximate surface area is 120 Å². The lowest BCUT2D eigenvalue weighted by Crippen LogP contribution is -1.97. The molecule has 0 saturated carbocycles. The highest BCUT2D eigenvalue weighted by Crippen LogP contribution is 2.38. The van der Waals surface area contributed by atoms with Crippen molar-refractivity contribution >= 4 is 15.9 Å². The molecular formula is C13H16BrN3O2. The number of hydrogen-bond donors (Lipinski definition) is 2. The average molecular weight is 326 g/mol. The number of benzene rings is 1. The van der Waals surface area contributed by atoms with E-state index < -0.39 is 0 Å². The molecule has 0 atom stereocenters. The fraction of sp³-hybridized carbons (Fsp3) is 0.308. The van der Waals surface area contributed by atoms with Crippen molar-refractivity contribution in [1.82, 2.24) is 10.2 Å². The third kappa shape index (κ3) is 2.46. The van der Waals surface area contributed by atoms with Gasteiger partial charge in [-0.25, -0.2) is 0 Å². The minimum atomic E-state index is 0.388. The Kier molecular flexibility index (Phi) is 4.11. The van der Waals surface area contributed by atoms with E-state index in [-0.39, 0.29) is 0 Å². The fourth-order valence-electron chi connectivity index (χ4n) is 1.91. The fourth-order valence-corrected chi connectivity index (χ4v) is 2.47. The Balaban J connectivity index is 2.62. The van der Waals surface area contributed by atoms with Gasteiger partial charge in [-0.15, -0.1) is 0 Å². The van der Waals surface area contributed by atoms with E-state index in [0.717, 1.165) is 38.5 Å². The first-order chi connectivity index (χ1) is 9.12. The third-order valence-corrected chi connectivity index (χ3v) is 3.81. The second-order valence-corrected chi connectivity index (χ2v) is 4.88. The van der Waals surface area contributed by atoms with E-state index in [2.05, 4.69) is 26.1 Å². The summed E-state index contributed by atoms with van der Waals surface area (Å²) in [6, 6.07) is 3.84. The van der Waals surface area contributed by atoms with Gasteiger partial charge in [0.15, 0.2) is 0 Å². The van der Waals surface area contributed by atoms with Crippen LogP contribution in [0.5, 0.6) is 11.5 Å². The van der Waals surface area contributed by atoms with E-state index in [1.54, 1.807) is 14.2 Å². The lowest BCUT2D eigenvalue weighted by atomic mass is 10.1. The number of aromatic amines is 1. The topological polar surface area (TPSA) is 73.2 Å². The SMILES string of the molecule is COc1cc(-c2n[nH]c(CN)c2Br)c(OC)cc1C. The van der Waals surface area contributed by atoms with Gasteiger partial charge in [0.1, 0.15) is 17.2 Å². The summed E-state index contributed by atoms with van der Waals surface area (Å²) in [7, 11) is 3.28. The number of methoxy groups -OCH3 is 2. The van der Waals surface area contributed by atoms with Crippen LogP contribution < -0.4 is 15.2 Å². The number of nitrogens with zero attached hydrogens (tertiary/aromatic N) is 1. The van der Waals surface area contributed by atoms with Crippen molar-refractivity contribution in [2.24, 2.45) is 5.73 Å². The standard InChI is InChI=1S/C13H16BrN3O2/c1-7-4-11(19-3)8(5-10(7)18-2)13-12(14)9(6-15)16-17-13/h4-5H,6,15H2,1-3H3,(H,16,17). The van der Waals surface area contributed by atoms with Crippen LogP contribution in [0.1, 0.15) is 11.3 Å². The van der Waals surface area contributed by atoms with Gasteiger partial charge in [0, 0.05) is 12.1 Å². The molecule has 102 valence electrons. The van der Waals surface area contributed by atoms with Crippen molar-refractivity contribution in [3.05, 3.63) is 27.9 Å². The minimum Gasteiger partial charge on any atom is -0.496 e. The molecule has 0 aliphatic heterocycles. The van der Waals surface area contributed by atoms with Crippen LogP contribution in [0.4, 0.5) is 0 Å². The summed E-state index contributed by atoms with van der Waals surface area (Å²) in [5, 5.41) is 7.19. The summed E-state index contributed by atoms with van der Waals surface area (Å²) in [4.78, 5) is 0. The van der Waals surface area contributed by atoms with Crippen molar-refractivity contribution in [3.63, 3.8) is 0 Å². The molecule has 1 heterocycles. The smallest absolute Gasteiger partial charge is 0.128 e. The highest BCUT2D eigenvalue weighted by atomic mass is 79.9. The van der Waals surface area contributed by atoms with Crippen LogP contribution in [0, 0.1) is 6.92 Å². The molecular weight excluding hydrogens is 310 g/mol. The molecule has 0 aliphatic rings. The molecule has 1 aromatic carbocycles. The quantitative estimate of drug-likeness (QED) is 0.906. The molecule has 0 spiro atoms. The summed E-state index contributed by atoms with van der Waals surface area (Å²) in [6.45, 7) is 2.36. The molecule has 0 bridgehead atoms. The molecule has 1 aromatic heterocycles. The molecule has 2 rings (SSSR count). The van der Waals surface area contributed by atoms with Crippen LogP contribution in [0.15, 0.2) is 16.6 Å². The van der Waals surface area contributed by atoms with Gasteiger partial charge in [-0.3, -0.25) is 5.10 Å². The summed E-state index contributed by atoms with van der Waals surface area (Å²) >= 11 is 3.51. The van der Waals surface area contributed by atoms with E-state index in [9.17, 15) is 0 Å². The van der Waals surface area contributed by atoms with Crippen molar-refractivity contribution in [3.8, 4) is 22.8 Å².